The van der Waals surface area contributed by atoms with Crippen LogP contribution in [0.3, 0.4) is 0 Å². The lowest BCUT2D eigenvalue weighted by Crippen LogP contribution is -2.40. The van der Waals surface area contributed by atoms with Crippen molar-refractivity contribution in [2.24, 2.45) is 4.99 Å². The molecule has 2 heterocycles. The third kappa shape index (κ3) is 4.67. The molecule has 0 amide bonds. The Morgan fingerprint density at radius 1 is 1.29 bits per heavy atom. The number of hydrogen-bond donors (Lipinski definition) is 2. The van der Waals surface area contributed by atoms with E-state index < -0.39 is 0 Å². The lowest BCUT2D eigenvalue weighted by atomic mass is 10.0. The number of aliphatic hydroxyl groups excluding tert-OH is 1. The molecule has 1 aliphatic rings. The van der Waals surface area contributed by atoms with Crippen molar-refractivity contribution in [1.82, 2.24) is 9.88 Å². The fraction of sp³-hybridized carbons (Fsp3) is 0.429. The quantitative estimate of drug-likeness (QED) is 0.710. The summed E-state index contributed by atoms with van der Waals surface area (Å²) in [6.45, 7) is 5.14. The Hall–Kier alpha value is -2.48. The van der Waals surface area contributed by atoms with E-state index in [2.05, 4.69) is 27.0 Å². The van der Waals surface area contributed by atoms with Gasteiger partial charge in [-0.05, 0) is 24.6 Å². The molecule has 1 saturated heterocycles. The van der Waals surface area contributed by atoms with Gasteiger partial charge >= 0.3 is 0 Å². The Morgan fingerprint density at radius 2 is 2.00 bits per heavy atom. The zero-order chi connectivity index (χ0) is 19.9. The second kappa shape index (κ2) is 9.64. The molecule has 1 aliphatic heterocycles. The minimum absolute atomic E-state index is 0.0580. The summed E-state index contributed by atoms with van der Waals surface area (Å²) in [5.74, 6) is 0.875. The number of methoxy groups -OCH3 is 1. The van der Waals surface area contributed by atoms with Gasteiger partial charge in [-0.3, -0.25) is 14.9 Å². The van der Waals surface area contributed by atoms with Crippen LogP contribution in [-0.4, -0.2) is 66.3 Å². The Labute approximate surface area is 165 Å². The number of nitrogens with zero attached hydrogens (tertiary/aromatic N) is 3. The zero-order valence-electron chi connectivity index (χ0n) is 16.3. The fourth-order valence-corrected chi connectivity index (χ4v) is 3.31. The third-order valence-corrected chi connectivity index (χ3v) is 5.01. The van der Waals surface area contributed by atoms with Crippen LogP contribution in [0, 0.1) is 6.92 Å². The van der Waals surface area contributed by atoms with Gasteiger partial charge in [0.15, 0.2) is 0 Å². The molecule has 2 N–H and O–H groups in total. The van der Waals surface area contributed by atoms with E-state index in [1.54, 1.807) is 26.4 Å². The van der Waals surface area contributed by atoms with Crippen molar-refractivity contribution in [2.45, 2.75) is 19.6 Å². The first-order valence-corrected chi connectivity index (χ1v) is 9.38. The Morgan fingerprint density at radius 3 is 2.64 bits per heavy atom. The van der Waals surface area contributed by atoms with Crippen molar-refractivity contribution in [3.05, 3.63) is 52.8 Å². The van der Waals surface area contributed by atoms with Crippen molar-refractivity contribution in [3.63, 3.8) is 0 Å². The van der Waals surface area contributed by atoms with Crippen LogP contribution in [0.15, 0.2) is 35.5 Å². The van der Waals surface area contributed by atoms with E-state index in [0.717, 1.165) is 24.4 Å². The number of ether oxygens (including phenoxy) is 2. The summed E-state index contributed by atoms with van der Waals surface area (Å²) in [6.07, 6.45) is 3.20. The number of morpholine rings is 1. The molecule has 0 saturated carbocycles. The Balaban J connectivity index is 1.83. The van der Waals surface area contributed by atoms with Crippen molar-refractivity contribution >= 4 is 6.21 Å². The predicted molar refractivity (Wildman–Crippen MR) is 107 cm³/mol. The van der Waals surface area contributed by atoms with E-state index in [-0.39, 0.29) is 18.4 Å². The number of rotatable bonds is 7. The average Bonchev–Trinajstić information content (AvgIpc) is 2.75. The van der Waals surface area contributed by atoms with Crippen LogP contribution >= 0.6 is 0 Å². The van der Waals surface area contributed by atoms with Crippen molar-refractivity contribution in [2.75, 3.05) is 40.0 Å². The average molecular weight is 385 g/mol. The number of pyridine rings is 1. The van der Waals surface area contributed by atoms with E-state index in [1.807, 2.05) is 12.1 Å². The molecule has 0 bridgehead atoms. The van der Waals surface area contributed by atoms with Crippen LogP contribution in [-0.2, 0) is 11.3 Å². The number of benzene rings is 1. The minimum atomic E-state index is -0.201. The highest BCUT2D eigenvalue weighted by Gasteiger charge is 2.22. The summed E-state index contributed by atoms with van der Waals surface area (Å²) in [5.41, 5.74) is 2.74. The van der Waals surface area contributed by atoms with Gasteiger partial charge in [0.25, 0.3) is 0 Å². The summed E-state index contributed by atoms with van der Waals surface area (Å²) in [6, 6.07) is 8.11. The van der Waals surface area contributed by atoms with Gasteiger partial charge in [0.05, 0.1) is 45.2 Å². The van der Waals surface area contributed by atoms with Gasteiger partial charge in [-0.25, -0.2) is 0 Å². The van der Waals surface area contributed by atoms with E-state index in [4.69, 9.17) is 9.47 Å². The number of hydrogen-bond acceptors (Lipinski definition) is 7. The highest BCUT2D eigenvalue weighted by atomic mass is 16.5. The number of aromatic hydroxyl groups is 1. The molecule has 28 heavy (non-hydrogen) atoms. The molecular formula is C21H27N3O4. The highest BCUT2D eigenvalue weighted by molar-refractivity contribution is 5.85. The number of aliphatic hydroxyl groups is 1. The Kier molecular flexibility index (Phi) is 6.97. The summed E-state index contributed by atoms with van der Waals surface area (Å²) >= 11 is 0. The maximum Gasteiger partial charge on any atom is 0.145 e. The summed E-state index contributed by atoms with van der Waals surface area (Å²) in [4.78, 5) is 11.0. The standard InChI is InChI=1S/C21H27N3O4/c1-15-21(26)19(17(14-25)11-23-15)12-22-13-20(24-7-9-28-10-8-24)16-3-5-18(27-2)6-4-16/h3-6,11-12,20,25-26H,7-10,13-14H2,1-2H3/t20-/m0/s1. The minimum Gasteiger partial charge on any atom is -0.505 e. The van der Waals surface area contributed by atoms with Gasteiger partial charge in [-0.2, -0.15) is 0 Å². The maximum absolute atomic E-state index is 10.3. The third-order valence-electron chi connectivity index (χ3n) is 5.01. The number of aliphatic imine (C=N–C) groups is 1. The smallest absolute Gasteiger partial charge is 0.145 e. The molecule has 7 heteroatoms. The van der Waals surface area contributed by atoms with Crippen molar-refractivity contribution in [1.29, 1.82) is 0 Å². The van der Waals surface area contributed by atoms with Gasteiger partial charge in [0.2, 0.25) is 0 Å². The van der Waals surface area contributed by atoms with E-state index in [1.165, 1.54) is 0 Å². The molecular weight excluding hydrogens is 358 g/mol. The molecule has 0 unspecified atom stereocenters. The molecule has 0 radical (unpaired) electrons. The fourth-order valence-electron chi connectivity index (χ4n) is 3.31. The zero-order valence-corrected chi connectivity index (χ0v) is 16.3. The number of aryl methyl sites for hydroxylation is 1. The van der Waals surface area contributed by atoms with Gasteiger partial charge in [-0.1, -0.05) is 12.1 Å². The molecule has 3 rings (SSSR count). The van der Waals surface area contributed by atoms with Crippen LogP contribution in [0.4, 0.5) is 0 Å². The molecule has 1 aromatic heterocycles. The lowest BCUT2D eigenvalue weighted by molar-refractivity contribution is 0.0180. The largest absolute Gasteiger partial charge is 0.505 e. The van der Waals surface area contributed by atoms with Gasteiger partial charge < -0.3 is 19.7 Å². The van der Waals surface area contributed by atoms with Crippen molar-refractivity contribution in [3.8, 4) is 11.5 Å². The van der Waals surface area contributed by atoms with Crippen LogP contribution in [0.5, 0.6) is 11.5 Å². The summed E-state index contributed by atoms with van der Waals surface area (Å²) in [7, 11) is 1.65. The SMILES string of the molecule is COc1ccc([C@H](CN=Cc2c(CO)cnc(C)c2O)N2CCOCC2)cc1. The normalized spacial score (nSPS) is 16.4. The van der Waals surface area contributed by atoms with Crippen LogP contribution in [0.1, 0.15) is 28.4 Å². The maximum atomic E-state index is 10.3. The summed E-state index contributed by atoms with van der Waals surface area (Å²) in [5, 5.41) is 19.8. The molecule has 0 aliphatic carbocycles. The molecule has 7 nitrogen and oxygen atoms in total. The van der Waals surface area contributed by atoms with E-state index in [9.17, 15) is 10.2 Å². The molecule has 1 atom stereocenters. The van der Waals surface area contributed by atoms with Gasteiger partial charge in [0.1, 0.15) is 11.5 Å². The first kappa shape index (κ1) is 20.3. The van der Waals surface area contributed by atoms with E-state index >= 15 is 0 Å². The lowest BCUT2D eigenvalue weighted by Gasteiger charge is -2.34. The topological polar surface area (TPSA) is 87.4 Å². The van der Waals surface area contributed by atoms with Crippen molar-refractivity contribution < 1.29 is 19.7 Å². The molecule has 150 valence electrons. The van der Waals surface area contributed by atoms with Gasteiger partial charge in [0, 0.05) is 36.6 Å². The van der Waals surface area contributed by atoms with Crippen LogP contribution < -0.4 is 4.74 Å². The summed E-state index contributed by atoms with van der Waals surface area (Å²) < 4.78 is 10.8. The van der Waals surface area contributed by atoms with E-state index in [0.29, 0.717) is 36.6 Å². The molecule has 0 spiro atoms. The molecule has 1 aromatic carbocycles. The first-order valence-electron chi connectivity index (χ1n) is 9.38. The number of aromatic nitrogens is 1. The van der Waals surface area contributed by atoms with Crippen LogP contribution in [0.25, 0.3) is 0 Å². The second-order valence-corrected chi connectivity index (χ2v) is 6.72. The van der Waals surface area contributed by atoms with Gasteiger partial charge in [-0.15, -0.1) is 0 Å². The first-order chi connectivity index (χ1) is 13.6. The molecule has 2 aromatic rings. The Bertz CT molecular complexity index is 802. The monoisotopic (exact) mass is 385 g/mol. The molecule has 1 fully saturated rings. The highest BCUT2D eigenvalue weighted by Crippen LogP contribution is 2.26. The van der Waals surface area contributed by atoms with Crippen LogP contribution in [0.2, 0.25) is 0 Å². The predicted octanol–water partition coefficient (Wildman–Crippen LogP) is 2.09. The second-order valence-electron chi connectivity index (χ2n) is 6.72.